The maximum atomic E-state index is 12.3. The van der Waals surface area contributed by atoms with Crippen LogP contribution in [0.3, 0.4) is 0 Å². The Morgan fingerprint density at radius 3 is 2.50 bits per heavy atom. The molecule has 0 saturated carbocycles. The molecule has 0 bridgehead atoms. The number of benzene rings is 1. The van der Waals surface area contributed by atoms with Crippen molar-refractivity contribution in [3.8, 4) is 5.88 Å². The zero-order valence-electron chi connectivity index (χ0n) is 13.9. The molecule has 0 spiro atoms. The van der Waals surface area contributed by atoms with Crippen LogP contribution in [0.1, 0.15) is 26.3 Å². The number of hydrogen-bond donors (Lipinski definition) is 1. The number of halogens is 3. The van der Waals surface area contributed by atoms with Crippen molar-refractivity contribution < 1.29 is 32.2 Å². The van der Waals surface area contributed by atoms with Gasteiger partial charge in [0, 0.05) is 18.0 Å². The SMILES string of the molecule is COC(=O)c1cccc(NC(=O)c2ccc(OCC(F)(F)F)nc2)c1C. The maximum absolute atomic E-state index is 12.3. The quantitative estimate of drug-likeness (QED) is 0.819. The number of amides is 1. The van der Waals surface area contributed by atoms with Crippen LogP contribution in [-0.2, 0) is 4.74 Å². The van der Waals surface area contributed by atoms with Crippen molar-refractivity contribution in [1.82, 2.24) is 4.98 Å². The van der Waals surface area contributed by atoms with E-state index in [4.69, 9.17) is 0 Å². The summed E-state index contributed by atoms with van der Waals surface area (Å²) in [7, 11) is 1.25. The van der Waals surface area contributed by atoms with Gasteiger partial charge in [0.25, 0.3) is 5.91 Å². The van der Waals surface area contributed by atoms with Gasteiger partial charge in [0.05, 0.1) is 18.2 Å². The average molecular weight is 368 g/mol. The molecule has 0 unspecified atom stereocenters. The molecular weight excluding hydrogens is 353 g/mol. The number of carbonyl (C=O) groups excluding carboxylic acids is 2. The van der Waals surface area contributed by atoms with Gasteiger partial charge >= 0.3 is 12.1 Å². The lowest BCUT2D eigenvalue weighted by atomic mass is 10.1. The van der Waals surface area contributed by atoms with Gasteiger partial charge in [-0.3, -0.25) is 4.79 Å². The van der Waals surface area contributed by atoms with Crippen molar-refractivity contribution in [2.45, 2.75) is 13.1 Å². The summed E-state index contributed by atoms with van der Waals surface area (Å²) in [6.07, 6.45) is -3.37. The van der Waals surface area contributed by atoms with Gasteiger partial charge < -0.3 is 14.8 Å². The Morgan fingerprint density at radius 1 is 1.19 bits per heavy atom. The Bertz CT molecular complexity index is 805. The number of esters is 1. The molecule has 0 aliphatic heterocycles. The predicted octanol–water partition coefficient (Wildman–Crippen LogP) is 3.37. The first-order valence-electron chi connectivity index (χ1n) is 7.36. The molecule has 1 N–H and O–H groups in total. The Labute approximate surface area is 146 Å². The second kappa shape index (κ2) is 7.85. The zero-order chi connectivity index (χ0) is 19.3. The predicted molar refractivity (Wildman–Crippen MR) is 86.3 cm³/mol. The molecular formula is C17H15F3N2O4. The number of nitrogens with zero attached hydrogens (tertiary/aromatic N) is 1. The van der Waals surface area contributed by atoms with Gasteiger partial charge in [0.1, 0.15) is 0 Å². The summed E-state index contributed by atoms with van der Waals surface area (Å²) >= 11 is 0. The fraction of sp³-hybridized carbons (Fsp3) is 0.235. The minimum Gasteiger partial charge on any atom is -0.468 e. The third-order valence-electron chi connectivity index (χ3n) is 3.37. The smallest absolute Gasteiger partial charge is 0.422 e. The lowest BCUT2D eigenvalue weighted by Gasteiger charge is -2.12. The maximum Gasteiger partial charge on any atom is 0.422 e. The fourth-order valence-corrected chi connectivity index (χ4v) is 2.05. The second-order valence-corrected chi connectivity index (χ2v) is 5.21. The molecule has 2 aromatic rings. The minimum absolute atomic E-state index is 0.118. The Kier molecular flexibility index (Phi) is 5.81. The summed E-state index contributed by atoms with van der Waals surface area (Å²) in [6, 6.07) is 7.20. The molecule has 0 saturated heterocycles. The number of rotatable bonds is 5. The van der Waals surface area contributed by atoms with Crippen LogP contribution in [0.15, 0.2) is 36.5 Å². The van der Waals surface area contributed by atoms with Crippen molar-refractivity contribution in [3.05, 3.63) is 53.2 Å². The lowest BCUT2D eigenvalue weighted by Crippen LogP contribution is -2.20. The third kappa shape index (κ3) is 4.95. The van der Waals surface area contributed by atoms with E-state index in [0.29, 0.717) is 16.8 Å². The van der Waals surface area contributed by atoms with E-state index in [-0.39, 0.29) is 11.4 Å². The summed E-state index contributed by atoms with van der Waals surface area (Å²) in [5.41, 5.74) is 1.34. The van der Waals surface area contributed by atoms with Crippen LogP contribution < -0.4 is 10.1 Å². The number of nitrogens with one attached hydrogen (secondary N) is 1. The van der Waals surface area contributed by atoms with Crippen molar-refractivity contribution in [3.63, 3.8) is 0 Å². The van der Waals surface area contributed by atoms with Gasteiger partial charge in [-0.25, -0.2) is 9.78 Å². The molecule has 0 aliphatic carbocycles. The summed E-state index contributed by atoms with van der Waals surface area (Å²) in [5.74, 6) is -1.32. The van der Waals surface area contributed by atoms with Crippen LogP contribution in [0.25, 0.3) is 0 Å². The number of methoxy groups -OCH3 is 1. The first kappa shape index (κ1) is 19.2. The summed E-state index contributed by atoms with van der Waals surface area (Å²) in [4.78, 5) is 27.6. The number of pyridine rings is 1. The molecule has 26 heavy (non-hydrogen) atoms. The fourth-order valence-electron chi connectivity index (χ4n) is 2.05. The molecule has 138 valence electrons. The molecule has 1 amide bonds. The average Bonchev–Trinajstić information content (AvgIpc) is 2.61. The highest BCUT2D eigenvalue weighted by Crippen LogP contribution is 2.21. The van der Waals surface area contributed by atoms with Crippen LogP contribution in [0.2, 0.25) is 0 Å². The molecule has 1 heterocycles. The number of anilines is 1. The van der Waals surface area contributed by atoms with Gasteiger partial charge in [-0.05, 0) is 30.7 Å². The van der Waals surface area contributed by atoms with E-state index in [1.807, 2.05) is 0 Å². The Balaban J connectivity index is 2.10. The number of aromatic nitrogens is 1. The highest BCUT2D eigenvalue weighted by atomic mass is 19.4. The first-order valence-corrected chi connectivity index (χ1v) is 7.36. The molecule has 2 rings (SSSR count). The molecule has 0 radical (unpaired) electrons. The van der Waals surface area contributed by atoms with Crippen LogP contribution in [0, 0.1) is 6.92 Å². The van der Waals surface area contributed by atoms with Crippen LogP contribution in [0.4, 0.5) is 18.9 Å². The number of ether oxygens (including phenoxy) is 2. The monoisotopic (exact) mass is 368 g/mol. The normalized spacial score (nSPS) is 11.0. The Hall–Kier alpha value is -3.10. The number of carbonyl (C=O) groups is 2. The first-order chi connectivity index (χ1) is 12.2. The van der Waals surface area contributed by atoms with E-state index in [1.165, 1.54) is 19.2 Å². The zero-order valence-corrected chi connectivity index (χ0v) is 13.9. The topological polar surface area (TPSA) is 77.5 Å². The molecule has 0 fully saturated rings. The van der Waals surface area contributed by atoms with Crippen molar-refractivity contribution in [2.24, 2.45) is 0 Å². The van der Waals surface area contributed by atoms with Crippen LogP contribution in [0.5, 0.6) is 5.88 Å². The van der Waals surface area contributed by atoms with Gasteiger partial charge in [-0.2, -0.15) is 13.2 Å². The molecule has 1 aromatic carbocycles. The van der Waals surface area contributed by atoms with E-state index in [2.05, 4.69) is 19.8 Å². The standard InChI is InChI=1S/C17H15F3N2O4/c1-10-12(16(24)25-2)4-3-5-13(10)22-15(23)11-6-7-14(21-8-11)26-9-17(18,19)20/h3-8H,9H2,1-2H3,(H,22,23). The highest BCUT2D eigenvalue weighted by Gasteiger charge is 2.28. The van der Waals surface area contributed by atoms with Gasteiger partial charge in [0.2, 0.25) is 5.88 Å². The summed E-state index contributed by atoms with van der Waals surface area (Å²) in [6.45, 7) is 0.180. The van der Waals surface area contributed by atoms with E-state index >= 15 is 0 Å². The van der Waals surface area contributed by atoms with Crippen molar-refractivity contribution in [2.75, 3.05) is 19.0 Å². The van der Waals surface area contributed by atoms with Crippen LogP contribution in [-0.4, -0.2) is 36.8 Å². The van der Waals surface area contributed by atoms with E-state index in [0.717, 1.165) is 6.20 Å². The molecule has 0 atom stereocenters. The summed E-state index contributed by atoms with van der Waals surface area (Å²) < 4.78 is 45.4. The van der Waals surface area contributed by atoms with E-state index < -0.39 is 24.7 Å². The van der Waals surface area contributed by atoms with Gasteiger partial charge in [-0.15, -0.1) is 0 Å². The molecule has 6 nitrogen and oxygen atoms in total. The van der Waals surface area contributed by atoms with Gasteiger partial charge in [0.15, 0.2) is 6.61 Å². The number of hydrogen-bond acceptors (Lipinski definition) is 5. The minimum atomic E-state index is -4.47. The highest BCUT2D eigenvalue weighted by molar-refractivity contribution is 6.05. The largest absolute Gasteiger partial charge is 0.468 e. The third-order valence-corrected chi connectivity index (χ3v) is 3.37. The number of alkyl halides is 3. The molecule has 9 heteroatoms. The molecule has 0 aliphatic rings. The van der Waals surface area contributed by atoms with Crippen molar-refractivity contribution in [1.29, 1.82) is 0 Å². The Morgan fingerprint density at radius 2 is 1.92 bits per heavy atom. The van der Waals surface area contributed by atoms with Crippen molar-refractivity contribution >= 4 is 17.6 Å². The van der Waals surface area contributed by atoms with Gasteiger partial charge in [-0.1, -0.05) is 6.07 Å². The van der Waals surface area contributed by atoms with Crippen LogP contribution >= 0.6 is 0 Å². The summed E-state index contributed by atoms with van der Waals surface area (Å²) in [5, 5.41) is 2.61. The van der Waals surface area contributed by atoms with E-state index in [9.17, 15) is 22.8 Å². The lowest BCUT2D eigenvalue weighted by molar-refractivity contribution is -0.154. The van der Waals surface area contributed by atoms with E-state index in [1.54, 1.807) is 25.1 Å². The second-order valence-electron chi connectivity index (χ2n) is 5.21. The molecule has 1 aromatic heterocycles.